The molecule has 0 aliphatic rings. The van der Waals surface area contributed by atoms with Crippen LogP contribution in [0.15, 0.2) is 79.0 Å². The number of nitrogens with zero attached hydrogens (tertiary/aromatic N) is 2. The Morgan fingerprint density at radius 2 is 1.50 bits per heavy atom. The largest absolute Gasteiger partial charge is 0.266 e. The molecule has 4 aromatic carbocycles. The van der Waals surface area contributed by atoms with Gasteiger partial charge in [0.2, 0.25) is 0 Å². The lowest BCUT2D eigenvalue weighted by Crippen LogP contribution is -2.38. The Hall–Kier alpha value is -3.82. The first-order valence-electron chi connectivity index (χ1n) is 13.7. The van der Waals surface area contributed by atoms with E-state index in [0.717, 1.165) is 0 Å². The van der Waals surface area contributed by atoms with Gasteiger partial charge in [-0.2, -0.15) is 0 Å². The Morgan fingerprint density at radius 3 is 2.21 bits per heavy atom. The van der Waals surface area contributed by atoms with Gasteiger partial charge in [-0.25, -0.2) is 4.40 Å². The topological polar surface area (TPSA) is 10.0 Å². The van der Waals surface area contributed by atoms with Crippen LogP contribution in [-0.2, 0) is 0 Å². The zero-order chi connectivity index (χ0) is 26.5. The molecule has 0 unspecified atom stereocenters. The van der Waals surface area contributed by atoms with Gasteiger partial charge in [0.1, 0.15) is 5.52 Å². The summed E-state index contributed by atoms with van der Waals surface area (Å²) in [4.78, 5) is 0. The molecule has 38 heavy (non-hydrogen) atoms. The van der Waals surface area contributed by atoms with E-state index in [1.807, 2.05) is 0 Å². The van der Waals surface area contributed by atoms with Crippen molar-refractivity contribution in [3.05, 3.63) is 96.8 Å². The van der Waals surface area contributed by atoms with Gasteiger partial charge < -0.3 is 0 Å². The number of fused-ring (bicyclic) bond motifs is 7. The summed E-state index contributed by atoms with van der Waals surface area (Å²) in [7, 11) is -1.58. The molecular weight excluding hydrogens is 476 g/mol. The molecule has 7 rings (SSSR count). The van der Waals surface area contributed by atoms with Gasteiger partial charge in [0.15, 0.2) is 16.7 Å². The van der Waals surface area contributed by atoms with Crippen molar-refractivity contribution in [1.29, 1.82) is 0 Å². The van der Waals surface area contributed by atoms with Crippen molar-refractivity contribution in [3.63, 3.8) is 0 Å². The van der Waals surface area contributed by atoms with Gasteiger partial charge in [-0.1, -0.05) is 123 Å². The summed E-state index contributed by atoms with van der Waals surface area (Å²) < 4.78 is 4.63. The average Bonchev–Trinajstić information content (AvgIpc) is 3.40. The van der Waals surface area contributed by atoms with Crippen LogP contribution in [0.2, 0.25) is 19.6 Å². The third-order valence-electron chi connectivity index (χ3n) is 8.55. The molecule has 7 aromatic rings. The maximum Gasteiger partial charge on any atom is 0.166 e. The van der Waals surface area contributed by atoms with Crippen LogP contribution < -0.4 is 13.8 Å². The molecular formula is C35H34N2Si. The molecule has 2 nitrogen and oxygen atoms in total. The van der Waals surface area contributed by atoms with E-state index in [0.29, 0.717) is 5.92 Å². The standard InChI is InChI=1S/C35H34N2Si/c1-21(2)28-20-29(22(3)23-12-8-9-13-24(23)28)34-35-26(18-19-36(34)4)25-16-17-31(38(5,6)7)32-27-14-10-11-15-30(27)37(35)33(25)32/h8-21H,4H2,1-3,5-7H3. The molecule has 0 saturated heterocycles. The lowest BCUT2D eigenvalue weighted by atomic mass is 9.88. The van der Waals surface area contributed by atoms with Crippen molar-refractivity contribution in [2.45, 2.75) is 46.3 Å². The quantitative estimate of drug-likeness (QED) is 0.131. The van der Waals surface area contributed by atoms with E-state index in [2.05, 4.69) is 135 Å². The molecule has 3 heterocycles. The summed E-state index contributed by atoms with van der Waals surface area (Å²) in [6.45, 7) is 18.8. The second kappa shape index (κ2) is 7.84. The van der Waals surface area contributed by atoms with Crippen LogP contribution in [0.4, 0.5) is 0 Å². The van der Waals surface area contributed by atoms with E-state index < -0.39 is 8.07 Å². The summed E-state index contributed by atoms with van der Waals surface area (Å²) >= 11 is 0. The Kier molecular flexibility index (Phi) is 4.81. The Bertz CT molecular complexity index is 2120. The number of benzene rings is 4. The molecule has 0 aliphatic heterocycles. The minimum absolute atomic E-state index is 0.421. The van der Waals surface area contributed by atoms with E-state index in [9.17, 15) is 0 Å². The second-order valence-electron chi connectivity index (χ2n) is 12.2. The minimum Gasteiger partial charge on any atom is -0.266 e. The third-order valence-corrected chi connectivity index (χ3v) is 10.6. The van der Waals surface area contributed by atoms with E-state index in [4.69, 9.17) is 0 Å². The molecule has 188 valence electrons. The molecule has 0 fully saturated rings. The van der Waals surface area contributed by atoms with E-state index in [1.54, 1.807) is 0 Å². The first kappa shape index (κ1) is 23.3. The van der Waals surface area contributed by atoms with E-state index in [-0.39, 0.29) is 0 Å². The van der Waals surface area contributed by atoms with E-state index >= 15 is 0 Å². The SMILES string of the molecule is C=[n+]1ccc2c3ccc([Si](C)(C)C)c4c5ccccc5[n+](c34)[c-]2[c-]1-c1cc(C(C)C)c2ccccc2c1C. The molecule has 0 spiro atoms. The van der Waals surface area contributed by atoms with Crippen LogP contribution in [0.1, 0.15) is 30.9 Å². The molecule has 0 atom stereocenters. The lowest BCUT2D eigenvalue weighted by Gasteiger charge is -2.20. The fraction of sp³-hybridized carbons (Fsp3) is 0.200. The number of aryl methyl sites for hydroxylation is 1. The summed E-state index contributed by atoms with van der Waals surface area (Å²) in [5, 5.41) is 9.63. The number of aromatic nitrogens is 2. The highest BCUT2D eigenvalue weighted by atomic mass is 28.3. The van der Waals surface area contributed by atoms with Gasteiger partial charge in [-0.15, -0.1) is 11.6 Å². The van der Waals surface area contributed by atoms with Gasteiger partial charge in [-0.05, 0) is 28.1 Å². The Labute approximate surface area is 224 Å². The van der Waals surface area contributed by atoms with Crippen LogP contribution in [0.25, 0.3) is 60.1 Å². The van der Waals surface area contributed by atoms with Crippen LogP contribution in [0.3, 0.4) is 0 Å². The normalized spacial score (nSPS) is 12.8. The zero-order valence-electron chi connectivity index (χ0n) is 23.2. The Morgan fingerprint density at radius 1 is 0.816 bits per heavy atom. The summed E-state index contributed by atoms with van der Waals surface area (Å²) in [6.07, 6.45) is 2.14. The van der Waals surface area contributed by atoms with Crippen molar-refractivity contribution in [2.24, 2.45) is 0 Å². The fourth-order valence-electron chi connectivity index (χ4n) is 6.75. The highest BCUT2D eigenvalue weighted by molar-refractivity contribution is 6.90. The lowest BCUT2D eigenvalue weighted by molar-refractivity contribution is -0.497. The summed E-state index contributed by atoms with van der Waals surface area (Å²) in [6, 6.07) is 27.3. The second-order valence-corrected chi connectivity index (χ2v) is 17.3. The van der Waals surface area contributed by atoms with Crippen LogP contribution in [0.5, 0.6) is 0 Å². The van der Waals surface area contributed by atoms with Gasteiger partial charge in [0.25, 0.3) is 0 Å². The molecule has 3 aromatic heterocycles. The average molecular weight is 511 g/mol. The van der Waals surface area contributed by atoms with Gasteiger partial charge in [-0.3, -0.25) is 4.24 Å². The number of rotatable bonds is 3. The monoisotopic (exact) mass is 510 g/mol. The van der Waals surface area contributed by atoms with Crippen molar-refractivity contribution in [1.82, 2.24) is 0 Å². The number of pyridine rings is 1. The van der Waals surface area contributed by atoms with Crippen molar-refractivity contribution in [2.75, 3.05) is 0 Å². The van der Waals surface area contributed by atoms with E-state index in [1.165, 1.54) is 76.4 Å². The highest BCUT2D eigenvalue weighted by Gasteiger charge is 2.29. The smallest absolute Gasteiger partial charge is 0.166 e. The number of hydrogen-bond acceptors (Lipinski definition) is 0. The fourth-order valence-corrected chi connectivity index (χ4v) is 8.34. The van der Waals surface area contributed by atoms with Crippen LogP contribution >= 0.6 is 0 Å². The molecule has 0 saturated carbocycles. The van der Waals surface area contributed by atoms with Crippen LogP contribution in [-0.4, -0.2) is 8.07 Å². The van der Waals surface area contributed by atoms with Gasteiger partial charge in [0.05, 0.1) is 21.0 Å². The van der Waals surface area contributed by atoms with Crippen molar-refractivity contribution in [3.8, 4) is 11.3 Å². The predicted molar refractivity (Wildman–Crippen MR) is 165 cm³/mol. The highest BCUT2D eigenvalue weighted by Crippen LogP contribution is 2.39. The zero-order valence-corrected chi connectivity index (χ0v) is 24.2. The molecule has 0 bridgehead atoms. The first-order chi connectivity index (χ1) is 18.2. The summed E-state index contributed by atoms with van der Waals surface area (Å²) in [5.41, 5.74) is 9.04. The Balaban J connectivity index is 1.75. The van der Waals surface area contributed by atoms with Gasteiger partial charge >= 0.3 is 0 Å². The molecule has 0 radical (unpaired) electrons. The number of hydrogen-bond donors (Lipinski definition) is 0. The summed E-state index contributed by atoms with van der Waals surface area (Å²) in [5.74, 6) is 0.421. The molecule has 3 heteroatoms. The minimum atomic E-state index is -1.58. The first-order valence-corrected chi connectivity index (χ1v) is 17.2. The molecule has 0 N–H and O–H groups in total. The maximum absolute atomic E-state index is 4.53. The maximum atomic E-state index is 4.53. The predicted octanol–water partition coefficient (Wildman–Crippen LogP) is 7.77. The van der Waals surface area contributed by atoms with Crippen molar-refractivity contribution < 1.29 is 8.64 Å². The molecule has 0 aliphatic carbocycles. The molecule has 0 amide bonds. The van der Waals surface area contributed by atoms with Crippen LogP contribution in [0, 0.1) is 13.6 Å². The third kappa shape index (κ3) is 3.00. The van der Waals surface area contributed by atoms with Gasteiger partial charge in [0, 0.05) is 10.8 Å². The van der Waals surface area contributed by atoms with Crippen molar-refractivity contribution >= 4 is 62.1 Å². The number of para-hydroxylation sites is 1.